The predicted octanol–water partition coefficient (Wildman–Crippen LogP) is 6.62. The number of carbonyl (C=O) groups is 1. The Hall–Kier alpha value is -4.50. The molecule has 216 valence electrons. The number of hydrogen-bond acceptors (Lipinski definition) is 6. The first kappa shape index (κ1) is 29.0. The van der Waals surface area contributed by atoms with Crippen LogP contribution in [-0.2, 0) is 27.6 Å². The summed E-state index contributed by atoms with van der Waals surface area (Å²) in [5.41, 5.74) is 7.96. The lowest BCUT2D eigenvalue weighted by Gasteiger charge is -2.14. The van der Waals surface area contributed by atoms with Gasteiger partial charge >= 0.3 is 6.09 Å². The summed E-state index contributed by atoms with van der Waals surface area (Å²) in [5, 5.41) is 0. The summed E-state index contributed by atoms with van der Waals surface area (Å²) < 4.78 is 35.2. The fourth-order valence-corrected chi connectivity index (χ4v) is 6.30. The third-order valence-corrected chi connectivity index (χ3v) is 8.45. The number of nitrogens with one attached hydrogen (secondary N) is 1. The van der Waals surface area contributed by atoms with Gasteiger partial charge in [0.2, 0.25) is 0 Å². The number of ether oxygens (including phenoxy) is 1. The molecule has 0 fully saturated rings. The van der Waals surface area contributed by atoms with Crippen molar-refractivity contribution in [3.05, 3.63) is 107 Å². The second-order valence-corrected chi connectivity index (χ2v) is 11.9. The Morgan fingerprint density at radius 2 is 1.64 bits per heavy atom. The first-order valence-corrected chi connectivity index (χ1v) is 15.4. The lowest BCUT2D eigenvalue weighted by atomic mass is 10.0. The van der Waals surface area contributed by atoms with E-state index in [0.29, 0.717) is 11.1 Å². The summed E-state index contributed by atoms with van der Waals surface area (Å²) in [7, 11) is -4.16. The van der Waals surface area contributed by atoms with Crippen LogP contribution in [0.2, 0.25) is 0 Å². The lowest BCUT2D eigenvalue weighted by Crippen LogP contribution is -2.31. The van der Waals surface area contributed by atoms with Crippen molar-refractivity contribution in [2.75, 3.05) is 6.61 Å². The average Bonchev–Trinajstić information content (AvgIpc) is 3.31. The molecule has 42 heavy (non-hydrogen) atoms. The molecule has 0 saturated carbocycles. The molecule has 8 nitrogen and oxygen atoms in total. The van der Waals surface area contributed by atoms with Crippen LogP contribution in [0, 0.1) is 20.8 Å². The Kier molecular flexibility index (Phi) is 8.40. The van der Waals surface area contributed by atoms with E-state index in [0.717, 1.165) is 58.8 Å². The predicted molar refractivity (Wildman–Crippen MR) is 164 cm³/mol. The molecule has 5 aromatic rings. The van der Waals surface area contributed by atoms with Gasteiger partial charge in [-0.15, -0.1) is 0 Å². The number of sulfonamides is 1. The highest BCUT2D eigenvalue weighted by Gasteiger charge is 2.23. The smallest absolute Gasteiger partial charge is 0.421 e. The highest BCUT2D eigenvalue weighted by Crippen LogP contribution is 2.31. The van der Waals surface area contributed by atoms with E-state index in [1.807, 2.05) is 55.8 Å². The highest BCUT2D eigenvalue weighted by atomic mass is 32.2. The van der Waals surface area contributed by atoms with E-state index in [-0.39, 0.29) is 11.5 Å². The molecule has 1 amide bonds. The number of carbonyl (C=O) groups excluding carboxylic acids is 1. The minimum absolute atomic E-state index is 0.000841. The molecule has 9 heteroatoms. The number of fused-ring (bicyclic) bond motifs is 1. The molecule has 0 spiro atoms. The highest BCUT2D eigenvalue weighted by molar-refractivity contribution is 7.90. The Labute approximate surface area is 246 Å². The first-order valence-electron chi connectivity index (χ1n) is 14.0. The quantitative estimate of drug-likeness (QED) is 0.209. The van der Waals surface area contributed by atoms with Gasteiger partial charge in [-0.1, -0.05) is 60.2 Å². The molecule has 2 heterocycles. The SMILES string of the molecule is CCOC(=O)NS(=O)(=O)c1ccc(C)cc1-c1ccc(-n2c(CCCc3ccccc3)nc3c(C)nc(C)cc32)cc1. The molecular weight excluding hydrogens is 548 g/mol. The summed E-state index contributed by atoms with van der Waals surface area (Å²) in [6.07, 6.45) is 1.66. The standard InChI is InChI=1S/C33H34N4O4S/c1-5-41-33(38)36-42(39,40)30-19-14-22(2)20-28(30)26-15-17-27(18-16-26)37-29-21-23(3)34-24(4)32(29)35-31(37)13-9-12-25-10-7-6-8-11-25/h6-8,10-11,14-21H,5,9,12-13H2,1-4H3,(H,36,38). The zero-order valence-corrected chi connectivity index (χ0v) is 25.0. The van der Waals surface area contributed by atoms with Gasteiger partial charge in [-0.05, 0) is 75.9 Å². The summed E-state index contributed by atoms with van der Waals surface area (Å²) in [4.78, 5) is 21.6. The van der Waals surface area contributed by atoms with E-state index in [4.69, 9.17) is 9.72 Å². The van der Waals surface area contributed by atoms with Crippen LogP contribution in [0.3, 0.4) is 0 Å². The number of imidazole rings is 1. The van der Waals surface area contributed by atoms with E-state index >= 15 is 0 Å². The Morgan fingerprint density at radius 3 is 2.36 bits per heavy atom. The maximum Gasteiger partial charge on any atom is 0.421 e. The van der Waals surface area contributed by atoms with Crippen LogP contribution in [0.1, 0.15) is 41.7 Å². The van der Waals surface area contributed by atoms with Crippen molar-refractivity contribution in [3.8, 4) is 16.8 Å². The summed E-state index contributed by atoms with van der Waals surface area (Å²) in [6, 6.07) is 25.2. The van der Waals surface area contributed by atoms with E-state index in [9.17, 15) is 13.2 Å². The van der Waals surface area contributed by atoms with Gasteiger partial charge < -0.3 is 4.74 Å². The van der Waals surface area contributed by atoms with Gasteiger partial charge in [-0.3, -0.25) is 9.55 Å². The molecule has 0 unspecified atom stereocenters. The normalized spacial score (nSPS) is 11.5. The summed E-state index contributed by atoms with van der Waals surface area (Å²) >= 11 is 0. The number of benzene rings is 3. The number of nitrogens with zero attached hydrogens (tertiary/aromatic N) is 3. The van der Waals surface area contributed by atoms with Crippen molar-refractivity contribution in [2.45, 2.75) is 51.9 Å². The number of amides is 1. The molecule has 2 aromatic heterocycles. The molecule has 1 N–H and O–H groups in total. The molecular formula is C33H34N4O4S. The van der Waals surface area contributed by atoms with Crippen LogP contribution >= 0.6 is 0 Å². The number of aryl methyl sites for hydroxylation is 5. The van der Waals surface area contributed by atoms with Crippen LogP contribution in [0.4, 0.5) is 4.79 Å². The zero-order chi connectivity index (χ0) is 29.9. The molecule has 0 aliphatic heterocycles. The third-order valence-electron chi connectivity index (χ3n) is 7.08. The first-order chi connectivity index (χ1) is 20.2. The van der Waals surface area contributed by atoms with Gasteiger partial charge in [0, 0.05) is 23.4 Å². The van der Waals surface area contributed by atoms with Gasteiger partial charge in [-0.2, -0.15) is 0 Å². The largest absolute Gasteiger partial charge is 0.449 e. The number of aromatic nitrogens is 3. The minimum Gasteiger partial charge on any atom is -0.449 e. The lowest BCUT2D eigenvalue weighted by molar-refractivity contribution is 0.158. The average molecular weight is 583 g/mol. The van der Waals surface area contributed by atoms with Crippen molar-refractivity contribution in [1.82, 2.24) is 19.3 Å². The van der Waals surface area contributed by atoms with Crippen LogP contribution in [0.15, 0.2) is 83.8 Å². The maximum atomic E-state index is 13.1. The Morgan fingerprint density at radius 1 is 0.905 bits per heavy atom. The summed E-state index contributed by atoms with van der Waals surface area (Å²) in [5.74, 6) is 0.946. The van der Waals surface area contributed by atoms with E-state index in [1.165, 1.54) is 11.6 Å². The van der Waals surface area contributed by atoms with Gasteiger partial charge in [0.1, 0.15) is 11.3 Å². The zero-order valence-electron chi connectivity index (χ0n) is 24.2. The Bertz CT molecular complexity index is 1850. The van der Waals surface area contributed by atoms with Gasteiger partial charge in [-0.25, -0.2) is 22.9 Å². The number of rotatable bonds is 9. The van der Waals surface area contributed by atoms with Crippen LogP contribution in [0.5, 0.6) is 0 Å². The Balaban J connectivity index is 1.52. The second-order valence-electron chi connectivity index (χ2n) is 10.3. The van der Waals surface area contributed by atoms with Crippen LogP contribution in [-0.4, -0.2) is 35.7 Å². The van der Waals surface area contributed by atoms with Crippen molar-refractivity contribution in [1.29, 1.82) is 0 Å². The molecule has 0 bridgehead atoms. The van der Waals surface area contributed by atoms with E-state index in [1.54, 1.807) is 19.1 Å². The monoisotopic (exact) mass is 582 g/mol. The van der Waals surface area contributed by atoms with Crippen molar-refractivity contribution < 1.29 is 17.9 Å². The molecule has 5 rings (SSSR count). The number of pyridine rings is 1. The molecule has 0 radical (unpaired) electrons. The molecule has 0 atom stereocenters. The van der Waals surface area contributed by atoms with Gasteiger partial charge in [0.05, 0.1) is 22.7 Å². The van der Waals surface area contributed by atoms with Gasteiger partial charge in [0.15, 0.2) is 0 Å². The fourth-order valence-electron chi connectivity index (χ4n) is 5.20. The topological polar surface area (TPSA) is 103 Å². The van der Waals surface area contributed by atoms with Crippen molar-refractivity contribution in [3.63, 3.8) is 0 Å². The van der Waals surface area contributed by atoms with Crippen LogP contribution < -0.4 is 4.72 Å². The van der Waals surface area contributed by atoms with Gasteiger partial charge in [0.25, 0.3) is 10.0 Å². The van der Waals surface area contributed by atoms with Crippen LogP contribution in [0.25, 0.3) is 27.8 Å². The van der Waals surface area contributed by atoms with E-state index in [2.05, 4.69) is 39.9 Å². The maximum absolute atomic E-state index is 13.1. The third kappa shape index (κ3) is 6.21. The number of hydrogen-bond donors (Lipinski definition) is 1. The van der Waals surface area contributed by atoms with E-state index < -0.39 is 16.1 Å². The molecule has 0 aliphatic rings. The fraction of sp³-hybridized carbons (Fsp3) is 0.242. The molecule has 0 aliphatic carbocycles. The van der Waals surface area contributed by atoms with Crippen molar-refractivity contribution in [2.24, 2.45) is 0 Å². The molecule has 3 aromatic carbocycles. The summed E-state index contributed by atoms with van der Waals surface area (Å²) in [6.45, 7) is 7.53. The second kappa shape index (κ2) is 12.2. The minimum atomic E-state index is -4.16. The molecule has 0 saturated heterocycles. The van der Waals surface area contributed by atoms with Crippen molar-refractivity contribution >= 4 is 27.1 Å².